The highest BCUT2D eigenvalue weighted by molar-refractivity contribution is 5.15. The maximum atomic E-state index is 12.8. The number of likely N-dealkylation sites (N-methyl/N-ethyl adjacent to an activating group) is 1. The van der Waals surface area contributed by atoms with Gasteiger partial charge in [0.1, 0.15) is 11.6 Å². The summed E-state index contributed by atoms with van der Waals surface area (Å²) in [6.45, 7) is 1.49. The highest BCUT2D eigenvalue weighted by Gasteiger charge is 2.15. The molecule has 1 atom stereocenters. The molecule has 3 nitrogen and oxygen atoms in total. The molecule has 2 rings (SSSR count). The van der Waals surface area contributed by atoms with Gasteiger partial charge in [-0.25, -0.2) is 4.39 Å². The van der Waals surface area contributed by atoms with Crippen LogP contribution in [0.15, 0.2) is 47.1 Å². The van der Waals surface area contributed by atoms with E-state index in [1.807, 2.05) is 26.2 Å². The number of benzene rings is 1. The van der Waals surface area contributed by atoms with Gasteiger partial charge in [0.2, 0.25) is 0 Å². The van der Waals surface area contributed by atoms with Crippen LogP contribution in [0.2, 0.25) is 0 Å². The summed E-state index contributed by atoms with van der Waals surface area (Å²) in [5.41, 5.74) is 1.07. The first-order chi connectivity index (χ1) is 9.16. The van der Waals surface area contributed by atoms with Crippen molar-refractivity contribution in [2.24, 2.45) is 0 Å². The monoisotopic (exact) mass is 262 g/mol. The molecule has 0 fully saturated rings. The van der Waals surface area contributed by atoms with Crippen molar-refractivity contribution in [3.8, 4) is 0 Å². The summed E-state index contributed by atoms with van der Waals surface area (Å²) >= 11 is 0. The van der Waals surface area contributed by atoms with E-state index in [0.717, 1.165) is 17.9 Å². The van der Waals surface area contributed by atoms with Crippen LogP contribution < -0.4 is 5.32 Å². The van der Waals surface area contributed by atoms with Gasteiger partial charge in [-0.3, -0.25) is 4.90 Å². The van der Waals surface area contributed by atoms with Crippen molar-refractivity contribution >= 4 is 0 Å². The third-order valence-corrected chi connectivity index (χ3v) is 3.08. The van der Waals surface area contributed by atoms with Gasteiger partial charge >= 0.3 is 0 Å². The summed E-state index contributed by atoms with van der Waals surface area (Å²) in [6.07, 6.45) is 1.69. The Balaban J connectivity index is 1.88. The molecule has 1 aromatic heterocycles. The number of hydrogen-bond donors (Lipinski definition) is 1. The fourth-order valence-electron chi connectivity index (χ4n) is 1.97. The van der Waals surface area contributed by atoms with E-state index >= 15 is 0 Å². The molecule has 19 heavy (non-hydrogen) atoms. The van der Waals surface area contributed by atoms with Gasteiger partial charge in [-0.1, -0.05) is 12.1 Å². The van der Waals surface area contributed by atoms with Crippen LogP contribution in [0.25, 0.3) is 0 Å². The van der Waals surface area contributed by atoms with Gasteiger partial charge in [0.25, 0.3) is 0 Å². The molecule has 2 aromatic rings. The van der Waals surface area contributed by atoms with Crippen molar-refractivity contribution in [3.05, 3.63) is 59.8 Å². The molecule has 0 aliphatic heterocycles. The van der Waals surface area contributed by atoms with Gasteiger partial charge in [-0.05, 0) is 43.9 Å². The Hall–Kier alpha value is -1.65. The quantitative estimate of drug-likeness (QED) is 0.867. The van der Waals surface area contributed by atoms with Crippen LogP contribution >= 0.6 is 0 Å². The molecule has 4 heteroatoms. The Morgan fingerprint density at radius 1 is 1.21 bits per heavy atom. The van der Waals surface area contributed by atoms with E-state index in [-0.39, 0.29) is 11.9 Å². The van der Waals surface area contributed by atoms with Gasteiger partial charge in [0.15, 0.2) is 0 Å². The lowest BCUT2D eigenvalue weighted by molar-refractivity contribution is 0.250. The van der Waals surface area contributed by atoms with Gasteiger partial charge in [-0.2, -0.15) is 0 Å². The normalized spacial score (nSPS) is 12.8. The first kappa shape index (κ1) is 13.8. The second-order valence-corrected chi connectivity index (χ2v) is 4.75. The zero-order valence-electron chi connectivity index (χ0n) is 11.3. The summed E-state index contributed by atoms with van der Waals surface area (Å²) in [7, 11) is 4.04. The number of halogens is 1. The van der Waals surface area contributed by atoms with Crippen LogP contribution in [0.4, 0.5) is 4.39 Å². The molecule has 0 amide bonds. The zero-order valence-corrected chi connectivity index (χ0v) is 11.3. The Bertz CT molecular complexity index is 479. The Morgan fingerprint density at radius 2 is 1.95 bits per heavy atom. The van der Waals surface area contributed by atoms with Gasteiger partial charge in [0.05, 0.1) is 12.3 Å². The summed E-state index contributed by atoms with van der Waals surface area (Å²) in [5.74, 6) is 0.738. The van der Waals surface area contributed by atoms with Crippen molar-refractivity contribution in [1.29, 1.82) is 0 Å². The standard InChI is InChI=1S/C15H19FN2O/c1-18(2)14(15-4-3-9-19-15)11-17-10-12-5-7-13(16)8-6-12/h3-9,14,17H,10-11H2,1-2H3. The molecule has 0 spiro atoms. The first-order valence-electron chi connectivity index (χ1n) is 6.32. The SMILES string of the molecule is CN(C)C(CNCc1ccc(F)cc1)c1ccco1. The fraction of sp³-hybridized carbons (Fsp3) is 0.333. The van der Waals surface area contributed by atoms with Crippen LogP contribution in [0.3, 0.4) is 0 Å². The highest BCUT2D eigenvalue weighted by atomic mass is 19.1. The summed E-state index contributed by atoms with van der Waals surface area (Å²) < 4.78 is 18.2. The van der Waals surface area contributed by atoms with Crippen molar-refractivity contribution < 1.29 is 8.81 Å². The minimum Gasteiger partial charge on any atom is -0.468 e. The van der Waals surface area contributed by atoms with Crippen LogP contribution in [0, 0.1) is 5.82 Å². The van der Waals surface area contributed by atoms with Gasteiger partial charge in [0, 0.05) is 13.1 Å². The molecule has 1 unspecified atom stereocenters. The molecule has 1 heterocycles. The van der Waals surface area contributed by atoms with E-state index in [2.05, 4.69) is 10.2 Å². The van der Waals surface area contributed by atoms with Gasteiger partial charge < -0.3 is 9.73 Å². The Kier molecular flexibility index (Phi) is 4.71. The average Bonchev–Trinajstić information content (AvgIpc) is 2.90. The minimum atomic E-state index is -0.203. The Morgan fingerprint density at radius 3 is 2.53 bits per heavy atom. The zero-order chi connectivity index (χ0) is 13.7. The van der Waals surface area contributed by atoms with Crippen LogP contribution in [-0.4, -0.2) is 25.5 Å². The number of nitrogens with zero attached hydrogens (tertiary/aromatic N) is 1. The van der Waals surface area contributed by atoms with Crippen LogP contribution in [0.1, 0.15) is 17.4 Å². The third-order valence-electron chi connectivity index (χ3n) is 3.08. The first-order valence-corrected chi connectivity index (χ1v) is 6.32. The Labute approximate surface area is 113 Å². The second-order valence-electron chi connectivity index (χ2n) is 4.75. The molecular weight excluding hydrogens is 243 g/mol. The molecular formula is C15H19FN2O. The van der Waals surface area contributed by atoms with E-state index in [1.54, 1.807) is 18.4 Å². The average molecular weight is 262 g/mol. The van der Waals surface area contributed by atoms with E-state index in [9.17, 15) is 4.39 Å². The van der Waals surface area contributed by atoms with Crippen molar-refractivity contribution in [3.63, 3.8) is 0 Å². The fourth-order valence-corrected chi connectivity index (χ4v) is 1.97. The second kappa shape index (κ2) is 6.50. The van der Waals surface area contributed by atoms with Gasteiger partial charge in [-0.15, -0.1) is 0 Å². The molecule has 0 radical (unpaired) electrons. The van der Waals surface area contributed by atoms with Crippen molar-refractivity contribution in [2.75, 3.05) is 20.6 Å². The molecule has 0 saturated heterocycles. The van der Waals surface area contributed by atoms with E-state index in [1.165, 1.54) is 12.1 Å². The van der Waals surface area contributed by atoms with E-state index in [0.29, 0.717) is 6.54 Å². The number of nitrogens with one attached hydrogen (secondary N) is 1. The molecule has 102 valence electrons. The van der Waals surface area contributed by atoms with Crippen LogP contribution in [0.5, 0.6) is 0 Å². The lowest BCUT2D eigenvalue weighted by atomic mass is 10.2. The summed E-state index contributed by atoms with van der Waals surface area (Å²) in [5, 5.41) is 3.37. The van der Waals surface area contributed by atoms with E-state index in [4.69, 9.17) is 4.42 Å². The topological polar surface area (TPSA) is 28.4 Å². The lowest BCUT2D eigenvalue weighted by Crippen LogP contribution is -2.30. The van der Waals surface area contributed by atoms with Crippen LogP contribution in [-0.2, 0) is 6.54 Å². The number of hydrogen-bond acceptors (Lipinski definition) is 3. The predicted molar refractivity (Wildman–Crippen MR) is 73.2 cm³/mol. The smallest absolute Gasteiger partial charge is 0.123 e. The number of rotatable bonds is 6. The predicted octanol–water partition coefficient (Wildman–Crippen LogP) is 2.81. The molecule has 0 aliphatic carbocycles. The largest absolute Gasteiger partial charge is 0.468 e. The molecule has 1 aromatic carbocycles. The lowest BCUT2D eigenvalue weighted by Gasteiger charge is -2.22. The summed E-state index contributed by atoms with van der Waals surface area (Å²) in [6, 6.07) is 10.6. The maximum absolute atomic E-state index is 12.8. The molecule has 0 saturated carbocycles. The van der Waals surface area contributed by atoms with Crippen molar-refractivity contribution in [1.82, 2.24) is 10.2 Å². The number of furan rings is 1. The third kappa shape index (κ3) is 3.91. The highest BCUT2D eigenvalue weighted by Crippen LogP contribution is 2.17. The summed E-state index contributed by atoms with van der Waals surface area (Å²) in [4.78, 5) is 2.11. The minimum absolute atomic E-state index is 0.190. The van der Waals surface area contributed by atoms with Crippen molar-refractivity contribution in [2.45, 2.75) is 12.6 Å². The molecule has 0 bridgehead atoms. The van der Waals surface area contributed by atoms with E-state index < -0.39 is 0 Å². The molecule has 1 N–H and O–H groups in total. The maximum Gasteiger partial charge on any atom is 0.123 e. The molecule has 0 aliphatic rings.